The number of anilines is 1. The number of rotatable bonds is 8. The molecule has 0 radical (unpaired) electrons. The fraction of sp³-hybridized carbons (Fsp3) is 0.375. The third-order valence-corrected chi connectivity index (χ3v) is 6.11. The number of fused-ring (bicyclic) bond motifs is 1. The number of amides is 1. The first-order valence-corrected chi connectivity index (χ1v) is 12.0. The van der Waals surface area contributed by atoms with E-state index in [1.165, 1.54) is 30.9 Å². The first kappa shape index (κ1) is 27.5. The largest absolute Gasteiger partial charge is 0.449 e. The normalized spacial score (nSPS) is 14.4. The zero-order valence-corrected chi connectivity index (χ0v) is 21.2. The van der Waals surface area contributed by atoms with E-state index in [1.54, 1.807) is 12.1 Å². The van der Waals surface area contributed by atoms with Crippen molar-refractivity contribution in [3.05, 3.63) is 57.3 Å². The van der Waals surface area contributed by atoms with Crippen molar-refractivity contribution >= 4 is 40.1 Å². The topological polar surface area (TPSA) is 145 Å². The molecule has 4 heterocycles. The molecule has 0 unspecified atom stereocenters. The van der Waals surface area contributed by atoms with Crippen molar-refractivity contribution in [2.24, 2.45) is 12.0 Å². The number of hydrogen-bond acceptors (Lipinski definition) is 8. The molecule has 0 aliphatic carbocycles. The van der Waals surface area contributed by atoms with Crippen molar-refractivity contribution < 1.29 is 22.8 Å². The number of imidazole rings is 1. The fourth-order valence-corrected chi connectivity index (χ4v) is 4.03. The van der Waals surface area contributed by atoms with Crippen molar-refractivity contribution in [1.29, 1.82) is 0 Å². The number of carbonyl (C=O) groups excluding carboxylic acids is 2. The highest BCUT2D eigenvalue weighted by Crippen LogP contribution is 2.22. The molecule has 1 amide bonds. The molecular weight excluding hydrogens is 521 g/mol. The second kappa shape index (κ2) is 10.7. The summed E-state index contributed by atoms with van der Waals surface area (Å²) in [6.45, 7) is 2.67. The Hall–Kier alpha value is -4.56. The Kier molecular flexibility index (Phi) is 7.51. The summed E-state index contributed by atoms with van der Waals surface area (Å²) in [5.41, 5.74) is -0.724. The molecular formula is C24H25F3N8O4. The summed E-state index contributed by atoms with van der Waals surface area (Å²) in [5.74, 6) is -1.84. The van der Waals surface area contributed by atoms with Crippen LogP contribution in [0.1, 0.15) is 38.4 Å². The minimum atomic E-state index is -4.60. The van der Waals surface area contributed by atoms with E-state index in [2.05, 4.69) is 25.6 Å². The third-order valence-electron chi connectivity index (χ3n) is 6.11. The lowest BCUT2D eigenvalue weighted by molar-refractivity contribution is -0.120. The van der Waals surface area contributed by atoms with E-state index in [0.29, 0.717) is 17.7 Å². The number of pyridine rings is 1. The van der Waals surface area contributed by atoms with E-state index in [9.17, 15) is 32.3 Å². The lowest BCUT2D eigenvalue weighted by atomic mass is 10.1. The van der Waals surface area contributed by atoms with Crippen molar-refractivity contribution in [1.82, 2.24) is 29.0 Å². The SMILES string of the molecule is CCCC(=O)Cn1c(=O)c2c(ncn2[C@@H](C)C(=O)Nc2cccc(C3=CNC(C(F)(F)F)=NC3)n2)n(C)c1=O. The molecule has 3 aromatic heterocycles. The van der Waals surface area contributed by atoms with Crippen LogP contribution in [0.25, 0.3) is 16.7 Å². The van der Waals surface area contributed by atoms with Crippen molar-refractivity contribution in [3.63, 3.8) is 0 Å². The maximum atomic E-state index is 13.2. The van der Waals surface area contributed by atoms with Gasteiger partial charge >= 0.3 is 11.9 Å². The Morgan fingerprint density at radius 3 is 2.62 bits per heavy atom. The number of aryl methyl sites for hydroxylation is 1. The minimum absolute atomic E-state index is 0.0254. The molecule has 3 aromatic rings. The van der Waals surface area contributed by atoms with Crippen LogP contribution < -0.4 is 21.9 Å². The Morgan fingerprint density at radius 1 is 1.23 bits per heavy atom. The average molecular weight is 547 g/mol. The Balaban J connectivity index is 1.58. The average Bonchev–Trinajstić information content (AvgIpc) is 3.35. The summed E-state index contributed by atoms with van der Waals surface area (Å²) in [4.78, 5) is 63.1. The molecule has 4 rings (SSSR count). The van der Waals surface area contributed by atoms with Crippen molar-refractivity contribution in [3.8, 4) is 0 Å². The quantitative estimate of drug-likeness (QED) is 0.438. The molecule has 0 spiro atoms. The highest BCUT2D eigenvalue weighted by atomic mass is 19.4. The standard InChI is InChI=1S/C24H25F3N8O4/c1-4-6-15(36)11-34-21(38)18-19(33(3)23(34)39)30-12-35(18)13(2)20(37)32-17-8-5-7-16(31-17)14-9-28-22(29-10-14)24(25,26)27/h5,7-9,12-13H,4,6,10-11H2,1-3H3,(H,28,29)(H,31,32,37)/t13-/m0/s1. The van der Waals surface area contributed by atoms with Gasteiger partial charge in [-0.3, -0.25) is 28.5 Å². The van der Waals surface area contributed by atoms with Gasteiger partial charge in [-0.2, -0.15) is 13.2 Å². The lowest BCUT2D eigenvalue weighted by Gasteiger charge is -2.17. The number of carbonyl (C=O) groups is 2. The highest BCUT2D eigenvalue weighted by molar-refractivity contribution is 5.94. The number of Topliss-reactive ketones (excluding diaryl/α,β-unsaturated/α-hetero) is 1. The molecule has 0 saturated heterocycles. The van der Waals surface area contributed by atoms with Crippen molar-refractivity contribution in [2.45, 2.75) is 45.5 Å². The monoisotopic (exact) mass is 546 g/mol. The fourth-order valence-electron chi connectivity index (χ4n) is 4.03. The van der Waals surface area contributed by atoms with Crippen LogP contribution in [0, 0.1) is 0 Å². The number of nitrogens with zero attached hydrogens (tertiary/aromatic N) is 6. The Bertz CT molecular complexity index is 1630. The van der Waals surface area contributed by atoms with Gasteiger partial charge < -0.3 is 15.2 Å². The molecule has 0 fully saturated rings. The van der Waals surface area contributed by atoms with Gasteiger partial charge in [-0.1, -0.05) is 13.0 Å². The predicted octanol–water partition coefficient (Wildman–Crippen LogP) is 1.77. The number of aliphatic imine (C=N–C) groups is 1. The van der Waals surface area contributed by atoms with Crippen molar-refractivity contribution in [2.75, 3.05) is 11.9 Å². The van der Waals surface area contributed by atoms with Gasteiger partial charge in [-0.05, 0) is 25.5 Å². The summed E-state index contributed by atoms with van der Waals surface area (Å²) in [7, 11) is 1.42. The van der Waals surface area contributed by atoms with Crippen LogP contribution in [0.4, 0.5) is 19.0 Å². The number of hydrogen-bond donors (Lipinski definition) is 2. The molecule has 0 saturated carbocycles. The molecule has 1 atom stereocenters. The number of amidine groups is 1. The van der Waals surface area contributed by atoms with Gasteiger partial charge in [-0.15, -0.1) is 0 Å². The minimum Gasteiger partial charge on any atom is -0.342 e. The van der Waals surface area contributed by atoms with Gasteiger partial charge in [0.2, 0.25) is 11.7 Å². The van der Waals surface area contributed by atoms with Crippen LogP contribution in [0.2, 0.25) is 0 Å². The summed E-state index contributed by atoms with van der Waals surface area (Å²) >= 11 is 0. The molecule has 0 aromatic carbocycles. The molecule has 39 heavy (non-hydrogen) atoms. The molecule has 15 heteroatoms. The second-order valence-corrected chi connectivity index (χ2v) is 8.90. The van der Waals surface area contributed by atoms with Gasteiger partial charge in [0.1, 0.15) is 11.9 Å². The zero-order valence-electron chi connectivity index (χ0n) is 21.2. The van der Waals surface area contributed by atoms with Gasteiger partial charge in [-0.25, -0.2) is 14.8 Å². The first-order valence-electron chi connectivity index (χ1n) is 12.0. The van der Waals surface area contributed by atoms with Gasteiger partial charge in [0.15, 0.2) is 16.9 Å². The first-order chi connectivity index (χ1) is 18.4. The summed E-state index contributed by atoms with van der Waals surface area (Å²) in [6.07, 6.45) is -1.41. The van der Waals surface area contributed by atoms with E-state index in [0.717, 1.165) is 15.3 Å². The van der Waals surface area contributed by atoms with E-state index in [-0.39, 0.29) is 35.7 Å². The van der Waals surface area contributed by atoms with Gasteiger partial charge in [0.05, 0.1) is 25.1 Å². The maximum absolute atomic E-state index is 13.2. The molecule has 0 bridgehead atoms. The van der Waals surface area contributed by atoms with Crippen LogP contribution in [0.15, 0.2) is 45.3 Å². The van der Waals surface area contributed by atoms with Gasteiger partial charge in [0, 0.05) is 25.2 Å². The van der Waals surface area contributed by atoms with Crippen LogP contribution in [-0.2, 0) is 23.2 Å². The third kappa shape index (κ3) is 5.51. The molecule has 1 aliphatic rings. The van der Waals surface area contributed by atoms with E-state index in [4.69, 9.17) is 0 Å². The molecule has 2 N–H and O–H groups in total. The number of ketones is 1. The lowest BCUT2D eigenvalue weighted by Crippen LogP contribution is -2.41. The van der Waals surface area contributed by atoms with E-state index in [1.807, 2.05) is 6.92 Å². The summed E-state index contributed by atoms with van der Waals surface area (Å²) < 4.78 is 41.7. The van der Waals surface area contributed by atoms with Crippen LogP contribution in [0.5, 0.6) is 0 Å². The zero-order chi connectivity index (χ0) is 28.5. The predicted molar refractivity (Wildman–Crippen MR) is 136 cm³/mol. The van der Waals surface area contributed by atoms with E-state index >= 15 is 0 Å². The van der Waals surface area contributed by atoms with E-state index < -0.39 is 41.8 Å². The summed E-state index contributed by atoms with van der Waals surface area (Å²) in [5, 5.41) is 4.73. The van der Waals surface area contributed by atoms with Crippen LogP contribution in [0.3, 0.4) is 0 Å². The molecule has 1 aliphatic heterocycles. The smallest absolute Gasteiger partial charge is 0.342 e. The number of nitrogens with one attached hydrogen (secondary N) is 2. The Labute approximate surface area is 218 Å². The Morgan fingerprint density at radius 2 is 1.97 bits per heavy atom. The van der Waals surface area contributed by atoms with Crippen LogP contribution >= 0.6 is 0 Å². The second-order valence-electron chi connectivity index (χ2n) is 8.90. The number of aromatic nitrogens is 5. The number of halogens is 3. The number of alkyl halides is 3. The van der Waals surface area contributed by atoms with Gasteiger partial charge in [0.25, 0.3) is 5.56 Å². The highest BCUT2D eigenvalue weighted by Gasteiger charge is 2.36. The summed E-state index contributed by atoms with van der Waals surface area (Å²) in [6, 6.07) is 3.64. The molecule has 12 nitrogen and oxygen atoms in total. The maximum Gasteiger partial charge on any atom is 0.449 e. The van der Waals surface area contributed by atoms with Crippen LogP contribution in [-0.4, -0.2) is 53.9 Å². The molecule has 206 valence electrons.